The molecule has 0 saturated heterocycles. The van der Waals surface area contributed by atoms with Gasteiger partial charge in [0, 0.05) is 13.6 Å². The summed E-state index contributed by atoms with van der Waals surface area (Å²) in [5.41, 5.74) is 2.37. The van der Waals surface area contributed by atoms with Crippen molar-refractivity contribution in [3.8, 4) is 17.2 Å². The zero-order valence-electron chi connectivity index (χ0n) is 17.6. The van der Waals surface area contributed by atoms with Gasteiger partial charge < -0.3 is 19.1 Å². The van der Waals surface area contributed by atoms with Crippen molar-refractivity contribution in [3.63, 3.8) is 0 Å². The van der Waals surface area contributed by atoms with E-state index in [-0.39, 0.29) is 12.5 Å². The molecule has 0 bridgehead atoms. The van der Waals surface area contributed by atoms with Gasteiger partial charge in [0.25, 0.3) is 5.91 Å². The van der Waals surface area contributed by atoms with Crippen LogP contribution in [0.3, 0.4) is 0 Å². The van der Waals surface area contributed by atoms with Gasteiger partial charge in [-0.2, -0.15) is 0 Å². The summed E-state index contributed by atoms with van der Waals surface area (Å²) in [4.78, 5) is 25.1. The number of amides is 1. The molecule has 0 unspecified atom stereocenters. The Labute approximate surface area is 182 Å². The summed E-state index contributed by atoms with van der Waals surface area (Å²) in [5, 5.41) is 0. The molecule has 3 aromatic rings. The quantitative estimate of drug-likeness (QED) is 0.463. The van der Waals surface area contributed by atoms with Gasteiger partial charge in [0.2, 0.25) is 0 Å². The number of hydrogen-bond donors (Lipinski definition) is 0. The SMILES string of the molecule is COc1cc(CN(C)C(=O)COc2ccccc2C=O)ccc1OCc1ccccc1. The Kier molecular flexibility index (Phi) is 7.65. The summed E-state index contributed by atoms with van der Waals surface area (Å²) in [6, 6.07) is 22.3. The van der Waals surface area contributed by atoms with Crippen LogP contribution in [0.25, 0.3) is 0 Å². The average molecular weight is 419 g/mol. The van der Waals surface area contributed by atoms with E-state index >= 15 is 0 Å². The summed E-state index contributed by atoms with van der Waals surface area (Å²) >= 11 is 0. The summed E-state index contributed by atoms with van der Waals surface area (Å²) in [6.45, 7) is 0.665. The van der Waals surface area contributed by atoms with E-state index in [4.69, 9.17) is 14.2 Å². The minimum absolute atomic E-state index is 0.156. The number of aldehydes is 1. The molecular formula is C25H25NO5. The molecule has 0 atom stereocenters. The first-order chi connectivity index (χ1) is 15.1. The maximum absolute atomic E-state index is 12.5. The maximum atomic E-state index is 12.5. The van der Waals surface area contributed by atoms with Crippen LogP contribution >= 0.6 is 0 Å². The topological polar surface area (TPSA) is 65.1 Å². The lowest BCUT2D eigenvalue weighted by Crippen LogP contribution is -2.31. The molecule has 0 spiro atoms. The number of carbonyl (C=O) groups excluding carboxylic acids is 2. The predicted molar refractivity (Wildman–Crippen MR) is 118 cm³/mol. The highest BCUT2D eigenvalue weighted by atomic mass is 16.5. The third kappa shape index (κ3) is 6.09. The summed E-state index contributed by atoms with van der Waals surface area (Å²) < 4.78 is 16.9. The Balaban J connectivity index is 1.58. The highest BCUT2D eigenvalue weighted by Gasteiger charge is 2.13. The van der Waals surface area contributed by atoms with Gasteiger partial charge in [0.1, 0.15) is 12.4 Å². The van der Waals surface area contributed by atoms with Crippen LogP contribution in [0, 0.1) is 0 Å². The van der Waals surface area contributed by atoms with Crippen molar-refractivity contribution < 1.29 is 23.8 Å². The molecule has 0 N–H and O–H groups in total. The number of nitrogens with zero attached hydrogens (tertiary/aromatic N) is 1. The van der Waals surface area contributed by atoms with Crippen LogP contribution in [0.15, 0.2) is 72.8 Å². The number of methoxy groups -OCH3 is 1. The number of carbonyl (C=O) groups is 2. The van der Waals surface area contributed by atoms with Crippen molar-refractivity contribution in [1.82, 2.24) is 4.90 Å². The maximum Gasteiger partial charge on any atom is 0.260 e. The van der Waals surface area contributed by atoms with E-state index in [0.717, 1.165) is 11.1 Å². The van der Waals surface area contributed by atoms with E-state index in [1.807, 2.05) is 48.5 Å². The van der Waals surface area contributed by atoms with E-state index in [9.17, 15) is 9.59 Å². The number of ether oxygens (including phenoxy) is 3. The van der Waals surface area contributed by atoms with Gasteiger partial charge in [0.15, 0.2) is 24.4 Å². The van der Waals surface area contributed by atoms with Crippen molar-refractivity contribution in [2.24, 2.45) is 0 Å². The molecule has 31 heavy (non-hydrogen) atoms. The summed E-state index contributed by atoms with van der Waals surface area (Å²) in [6.07, 6.45) is 0.706. The molecule has 0 saturated carbocycles. The Bertz CT molecular complexity index is 1020. The van der Waals surface area contributed by atoms with Gasteiger partial charge >= 0.3 is 0 Å². The van der Waals surface area contributed by atoms with Gasteiger partial charge in [-0.1, -0.05) is 48.5 Å². The molecule has 3 aromatic carbocycles. The van der Waals surface area contributed by atoms with Crippen molar-refractivity contribution in [1.29, 1.82) is 0 Å². The molecule has 3 rings (SSSR count). The fourth-order valence-corrected chi connectivity index (χ4v) is 2.99. The minimum atomic E-state index is -0.205. The van der Waals surface area contributed by atoms with E-state index in [2.05, 4.69) is 0 Å². The van der Waals surface area contributed by atoms with Gasteiger partial charge in [-0.25, -0.2) is 0 Å². The second-order valence-electron chi connectivity index (χ2n) is 6.95. The minimum Gasteiger partial charge on any atom is -0.493 e. The number of benzene rings is 3. The second-order valence-corrected chi connectivity index (χ2v) is 6.95. The van der Waals surface area contributed by atoms with Gasteiger partial charge in [-0.3, -0.25) is 9.59 Å². The molecule has 0 aliphatic heterocycles. The largest absolute Gasteiger partial charge is 0.493 e. The van der Waals surface area contributed by atoms with Crippen molar-refractivity contribution in [3.05, 3.63) is 89.5 Å². The first-order valence-electron chi connectivity index (χ1n) is 9.85. The van der Waals surface area contributed by atoms with Crippen molar-refractivity contribution in [2.75, 3.05) is 20.8 Å². The molecule has 160 valence electrons. The lowest BCUT2D eigenvalue weighted by Gasteiger charge is -2.19. The van der Waals surface area contributed by atoms with E-state index in [1.54, 1.807) is 43.3 Å². The molecular weight excluding hydrogens is 394 g/mol. The first-order valence-corrected chi connectivity index (χ1v) is 9.85. The standard InChI is InChI=1S/C25H25NO5/c1-26(25(28)18-31-22-11-7-6-10-21(22)16-27)15-20-12-13-23(24(14-20)29-2)30-17-19-8-4-3-5-9-19/h3-14,16H,15,17-18H2,1-2H3. The highest BCUT2D eigenvalue weighted by molar-refractivity contribution is 5.80. The van der Waals surface area contributed by atoms with Gasteiger partial charge in [-0.15, -0.1) is 0 Å². The first kappa shape index (κ1) is 21.9. The van der Waals surface area contributed by atoms with Crippen LogP contribution in [0.1, 0.15) is 21.5 Å². The lowest BCUT2D eigenvalue weighted by atomic mass is 10.2. The fraction of sp³-hybridized carbons (Fsp3) is 0.200. The Hall–Kier alpha value is -3.80. The number of likely N-dealkylation sites (N-methyl/N-ethyl adjacent to an activating group) is 1. The molecule has 0 aliphatic rings. The fourth-order valence-electron chi connectivity index (χ4n) is 2.99. The highest BCUT2D eigenvalue weighted by Crippen LogP contribution is 2.29. The molecule has 0 heterocycles. The molecule has 0 aliphatic carbocycles. The smallest absolute Gasteiger partial charge is 0.260 e. The molecule has 1 amide bonds. The number of para-hydroxylation sites is 1. The number of rotatable bonds is 10. The zero-order valence-corrected chi connectivity index (χ0v) is 17.6. The predicted octanol–water partition coefficient (Wildman–Crippen LogP) is 4.12. The van der Waals surface area contributed by atoms with Gasteiger partial charge in [0.05, 0.1) is 12.7 Å². The van der Waals surface area contributed by atoms with Crippen LogP contribution in [-0.2, 0) is 17.9 Å². The van der Waals surface area contributed by atoms with Crippen molar-refractivity contribution >= 4 is 12.2 Å². The second kappa shape index (κ2) is 10.8. The normalized spacial score (nSPS) is 10.3. The van der Waals surface area contributed by atoms with Crippen LogP contribution in [0.4, 0.5) is 0 Å². The van der Waals surface area contributed by atoms with Gasteiger partial charge in [-0.05, 0) is 35.4 Å². The third-order valence-electron chi connectivity index (χ3n) is 4.71. The van der Waals surface area contributed by atoms with Crippen LogP contribution in [0.2, 0.25) is 0 Å². The molecule has 6 heteroatoms. The van der Waals surface area contributed by atoms with Crippen LogP contribution < -0.4 is 14.2 Å². The van der Waals surface area contributed by atoms with Crippen LogP contribution in [-0.4, -0.2) is 37.9 Å². The summed E-state index contributed by atoms with van der Waals surface area (Å²) in [7, 11) is 3.28. The van der Waals surface area contributed by atoms with E-state index in [1.165, 1.54) is 0 Å². The monoisotopic (exact) mass is 419 g/mol. The molecule has 0 aromatic heterocycles. The zero-order chi connectivity index (χ0) is 22.1. The lowest BCUT2D eigenvalue weighted by molar-refractivity contribution is -0.132. The Morgan fingerprint density at radius 2 is 1.61 bits per heavy atom. The molecule has 6 nitrogen and oxygen atoms in total. The van der Waals surface area contributed by atoms with E-state index < -0.39 is 0 Å². The average Bonchev–Trinajstić information content (AvgIpc) is 2.82. The Morgan fingerprint density at radius 3 is 2.35 bits per heavy atom. The molecule has 0 radical (unpaired) electrons. The number of hydrogen-bond acceptors (Lipinski definition) is 5. The van der Waals surface area contributed by atoms with Crippen LogP contribution in [0.5, 0.6) is 17.2 Å². The summed E-state index contributed by atoms with van der Waals surface area (Å²) in [5.74, 6) is 1.42. The molecule has 0 fully saturated rings. The van der Waals surface area contributed by atoms with Crippen molar-refractivity contribution in [2.45, 2.75) is 13.2 Å². The third-order valence-corrected chi connectivity index (χ3v) is 4.71. The Morgan fingerprint density at radius 1 is 0.871 bits per heavy atom. The van der Waals surface area contributed by atoms with E-state index in [0.29, 0.717) is 42.2 Å².